The van der Waals surface area contributed by atoms with Gasteiger partial charge in [-0.2, -0.15) is 0 Å². The van der Waals surface area contributed by atoms with Gasteiger partial charge in [0.2, 0.25) is 0 Å². The fourth-order valence-corrected chi connectivity index (χ4v) is 11.2. The summed E-state index contributed by atoms with van der Waals surface area (Å²) in [5.74, 6) is 4.49. The highest BCUT2D eigenvalue weighted by molar-refractivity contribution is 6.67. The summed E-state index contributed by atoms with van der Waals surface area (Å²) in [6.45, 7) is 0. The number of fused-ring (bicyclic) bond motifs is 14. The summed E-state index contributed by atoms with van der Waals surface area (Å²) >= 11 is 0. The summed E-state index contributed by atoms with van der Waals surface area (Å²) in [5, 5.41) is 3.41. The Hall–Kier alpha value is -7.50. The van der Waals surface area contributed by atoms with Crippen molar-refractivity contribution in [1.82, 2.24) is 8.47 Å². The first kappa shape index (κ1) is 32.0. The van der Waals surface area contributed by atoms with Crippen LogP contribution < -0.4 is 19.8 Å². The van der Waals surface area contributed by atoms with Gasteiger partial charge in [0.15, 0.2) is 23.3 Å². The van der Waals surface area contributed by atoms with Crippen molar-refractivity contribution in [2.24, 2.45) is 30.0 Å². The molecule has 0 atom stereocenters. The van der Waals surface area contributed by atoms with Crippen LogP contribution in [-0.2, 0) is 0 Å². The maximum absolute atomic E-state index is 7.58. The van der Waals surface area contributed by atoms with E-state index in [1.807, 2.05) is 133 Å². The Balaban J connectivity index is 0.00000363. The molecule has 0 spiro atoms. The molecule has 266 valence electrons. The van der Waals surface area contributed by atoms with E-state index in [0.717, 1.165) is 43.8 Å². The summed E-state index contributed by atoms with van der Waals surface area (Å²) in [5.41, 5.74) is 4.67. The highest BCUT2D eigenvalue weighted by Gasteiger charge is 2.57. The number of hydrogen-bond acceptors (Lipinski definition) is 8. The van der Waals surface area contributed by atoms with Crippen molar-refractivity contribution >= 4 is 65.4 Å². The Labute approximate surface area is 321 Å². The first-order valence-corrected chi connectivity index (χ1v) is 19.7. The van der Waals surface area contributed by atoms with E-state index in [1.165, 1.54) is 0 Å². The molecule has 11 heteroatoms. The summed E-state index contributed by atoms with van der Waals surface area (Å²) in [6.07, 6.45) is 0. The highest BCUT2D eigenvalue weighted by Crippen LogP contribution is 2.44. The third-order valence-electron chi connectivity index (χ3n) is 10.3. The maximum Gasteiger partial charge on any atom is 0.738 e. The molecular formula is C45H30N8O2Si. The van der Waals surface area contributed by atoms with Gasteiger partial charge < -0.3 is 8.85 Å². The molecule has 12 rings (SSSR count). The molecular weight excluding hydrogens is 713 g/mol. The Kier molecular flexibility index (Phi) is 6.85. The van der Waals surface area contributed by atoms with Crippen LogP contribution >= 0.6 is 0 Å². The van der Waals surface area contributed by atoms with Gasteiger partial charge in [-0.15, -0.1) is 0 Å². The Morgan fingerprint density at radius 1 is 0.339 bits per heavy atom. The van der Waals surface area contributed by atoms with Crippen molar-refractivity contribution in [3.8, 4) is 11.5 Å². The number of hydrogen-bond donors (Lipinski definition) is 0. The maximum atomic E-state index is 7.58. The lowest BCUT2D eigenvalue weighted by molar-refractivity contribution is 0.345. The van der Waals surface area contributed by atoms with Crippen LogP contribution in [0.1, 0.15) is 29.7 Å². The van der Waals surface area contributed by atoms with Crippen LogP contribution in [0.4, 0.5) is 11.6 Å². The van der Waals surface area contributed by atoms with Gasteiger partial charge in [-0.25, -0.2) is 30.0 Å². The SMILES string of the molecule is C.c1ccc(O[Si]2(Oc3ccccc3)n3c4c5ccccc5c3N=C3N=C(N=c5c6ccccc6c(n52)=NC2=NC(=N4)c4ccccc42)c2ccccc23)cc1. The normalized spacial score (nSPS) is 15.1. The van der Waals surface area contributed by atoms with Crippen LogP contribution in [0.25, 0.3) is 21.5 Å². The summed E-state index contributed by atoms with van der Waals surface area (Å²) in [4.78, 5) is 32.2. The van der Waals surface area contributed by atoms with Crippen molar-refractivity contribution in [3.63, 3.8) is 0 Å². The fourth-order valence-electron chi connectivity index (χ4n) is 7.92. The van der Waals surface area contributed by atoms with E-state index in [0.29, 0.717) is 57.5 Å². The van der Waals surface area contributed by atoms with Gasteiger partial charge in [0.25, 0.3) is 0 Å². The molecule has 0 saturated heterocycles. The number of aliphatic imine (C=N–C) groups is 4. The Bertz CT molecular complexity index is 3010. The first-order chi connectivity index (χ1) is 27.2. The Morgan fingerprint density at radius 2 is 0.679 bits per heavy atom. The summed E-state index contributed by atoms with van der Waals surface area (Å²) < 4.78 is 19.3. The second-order valence-corrected chi connectivity index (χ2v) is 15.9. The molecule has 6 heterocycles. The predicted octanol–water partition coefficient (Wildman–Crippen LogP) is 8.17. The van der Waals surface area contributed by atoms with Gasteiger partial charge >= 0.3 is 8.88 Å². The molecule has 6 bridgehead atoms. The molecule has 56 heavy (non-hydrogen) atoms. The van der Waals surface area contributed by atoms with Crippen LogP contribution in [0.15, 0.2) is 188 Å². The largest absolute Gasteiger partial charge is 0.738 e. The molecule has 0 N–H and O–H groups in total. The van der Waals surface area contributed by atoms with E-state index in [9.17, 15) is 0 Å². The standard InChI is InChI=1S/C44H26N8O2Si.CH4/c1-3-15-27(16-4-1)53-55(54-28-17-5-2-6-18-28)51-41-33-23-11-12-24-34(33)43(51)49-39-31-21-9-10-22-32(31)40(46-39)50-44-36-26-14-13-25-35(36)42(52(44)55)48-38-30-20-8-7-19-29(30)37(45-38)47-41;/h1-26H;1H4. The van der Waals surface area contributed by atoms with Crippen LogP contribution in [-0.4, -0.2) is 40.7 Å². The van der Waals surface area contributed by atoms with E-state index in [2.05, 4.69) is 32.7 Å². The molecule has 0 radical (unpaired) electrons. The van der Waals surface area contributed by atoms with Gasteiger partial charge in [0.1, 0.15) is 34.1 Å². The number of rotatable bonds is 4. The zero-order valence-corrected chi connectivity index (χ0v) is 29.9. The molecule has 0 amide bonds. The van der Waals surface area contributed by atoms with Gasteiger partial charge in [-0.3, -0.25) is 8.47 Å². The van der Waals surface area contributed by atoms with Crippen molar-refractivity contribution < 1.29 is 8.85 Å². The number of benzene rings is 6. The second kappa shape index (κ2) is 12.0. The van der Waals surface area contributed by atoms with E-state index in [-0.39, 0.29) is 7.43 Å². The van der Waals surface area contributed by atoms with Gasteiger partial charge in [-0.05, 0) is 24.3 Å². The molecule has 4 aliphatic rings. The van der Waals surface area contributed by atoms with Crippen molar-refractivity contribution in [3.05, 3.63) is 191 Å². The van der Waals surface area contributed by atoms with E-state index in [1.54, 1.807) is 0 Å². The minimum atomic E-state index is -4.37. The van der Waals surface area contributed by atoms with Crippen LogP contribution in [0, 0.1) is 0 Å². The van der Waals surface area contributed by atoms with Crippen LogP contribution in [0.3, 0.4) is 0 Å². The van der Waals surface area contributed by atoms with Gasteiger partial charge in [-0.1, -0.05) is 141 Å². The van der Waals surface area contributed by atoms with E-state index < -0.39 is 8.88 Å². The third-order valence-corrected chi connectivity index (χ3v) is 13.3. The average Bonchev–Trinajstić information content (AvgIpc) is 3.95. The first-order valence-electron chi connectivity index (χ1n) is 18.0. The molecule has 10 nitrogen and oxygen atoms in total. The molecule has 0 saturated carbocycles. The second-order valence-electron chi connectivity index (χ2n) is 13.5. The number of aromatic nitrogens is 2. The minimum Gasteiger partial charge on any atom is -0.480 e. The molecule has 0 fully saturated rings. The lowest BCUT2D eigenvalue weighted by Gasteiger charge is -2.33. The topological polar surface area (TPSA) is 102 Å². The summed E-state index contributed by atoms with van der Waals surface area (Å²) in [7, 11) is -4.37. The summed E-state index contributed by atoms with van der Waals surface area (Å²) in [6, 6.07) is 52.0. The number of amidine groups is 4. The number of nitrogens with zero attached hydrogens (tertiary/aromatic N) is 8. The molecule has 0 unspecified atom stereocenters. The molecule has 2 aromatic heterocycles. The van der Waals surface area contributed by atoms with E-state index in [4.69, 9.17) is 38.8 Å². The lowest BCUT2D eigenvalue weighted by Crippen LogP contribution is -2.68. The predicted molar refractivity (Wildman–Crippen MR) is 222 cm³/mol. The lowest BCUT2D eigenvalue weighted by atomic mass is 10.1. The van der Waals surface area contributed by atoms with Gasteiger partial charge in [0.05, 0.1) is 0 Å². The fraction of sp³-hybridized carbons (Fsp3) is 0.0222. The minimum absolute atomic E-state index is 0. The Morgan fingerprint density at radius 3 is 1.09 bits per heavy atom. The van der Waals surface area contributed by atoms with Crippen LogP contribution in [0.5, 0.6) is 11.5 Å². The molecule has 4 aliphatic heterocycles. The van der Waals surface area contributed by atoms with Crippen LogP contribution in [0.2, 0.25) is 0 Å². The average molecular weight is 743 g/mol. The van der Waals surface area contributed by atoms with Crippen molar-refractivity contribution in [1.29, 1.82) is 0 Å². The monoisotopic (exact) mass is 742 g/mol. The highest BCUT2D eigenvalue weighted by atomic mass is 28.4. The zero-order valence-electron chi connectivity index (χ0n) is 28.9. The third kappa shape index (κ3) is 4.48. The van der Waals surface area contributed by atoms with Gasteiger partial charge in [0, 0.05) is 43.8 Å². The quantitative estimate of drug-likeness (QED) is 0.170. The number of para-hydroxylation sites is 2. The molecule has 0 aliphatic carbocycles. The zero-order chi connectivity index (χ0) is 36.1. The smallest absolute Gasteiger partial charge is 0.480 e. The van der Waals surface area contributed by atoms with E-state index >= 15 is 0 Å². The molecule has 8 aromatic rings. The van der Waals surface area contributed by atoms with Crippen molar-refractivity contribution in [2.45, 2.75) is 7.43 Å². The molecule has 6 aromatic carbocycles. The van der Waals surface area contributed by atoms with Crippen molar-refractivity contribution in [2.75, 3.05) is 0 Å².